The van der Waals surface area contributed by atoms with E-state index in [1.807, 2.05) is 0 Å². The van der Waals surface area contributed by atoms with Crippen molar-refractivity contribution in [2.45, 2.75) is 57.7 Å². The van der Waals surface area contributed by atoms with Crippen molar-refractivity contribution >= 4 is 11.9 Å². The molecule has 0 heterocycles. The summed E-state index contributed by atoms with van der Waals surface area (Å²) in [4.78, 5) is 22.4. The first kappa shape index (κ1) is 16.8. The first-order valence-electron chi connectivity index (χ1n) is 6.80. The van der Waals surface area contributed by atoms with Gasteiger partial charge in [0.1, 0.15) is 0 Å². The minimum atomic E-state index is -4.35. The summed E-state index contributed by atoms with van der Waals surface area (Å²) in [5.74, 6) is -4.22. The molecular weight excluding hydrogens is 275 g/mol. The Balaban J connectivity index is 2.57. The number of halogens is 3. The van der Waals surface area contributed by atoms with Crippen molar-refractivity contribution in [1.29, 1.82) is 0 Å². The summed E-state index contributed by atoms with van der Waals surface area (Å²) in [6.07, 6.45) is -2.92. The number of alkyl halides is 3. The Morgan fingerprint density at radius 2 is 1.90 bits per heavy atom. The van der Waals surface area contributed by atoms with Crippen molar-refractivity contribution in [2.75, 3.05) is 0 Å². The fourth-order valence-corrected chi connectivity index (χ4v) is 2.60. The van der Waals surface area contributed by atoms with Crippen molar-refractivity contribution in [3.05, 3.63) is 0 Å². The van der Waals surface area contributed by atoms with E-state index in [9.17, 15) is 22.8 Å². The molecule has 0 radical (unpaired) electrons. The molecule has 7 heteroatoms. The molecule has 3 atom stereocenters. The second-order valence-corrected chi connectivity index (χ2v) is 5.38. The number of hydrogen-bond acceptors (Lipinski definition) is 2. The number of carbonyl (C=O) groups excluding carboxylic acids is 1. The Morgan fingerprint density at radius 1 is 1.30 bits per heavy atom. The lowest BCUT2D eigenvalue weighted by Crippen LogP contribution is -2.45. The van der Waals surface area contributed by atoms with Crippen molar-refractivity contribution in [1.82, 2.24) is 5.32 Å². The third-order valence-electron chi connectivity index (χ3n) is 3.70. The molecule has 1 amide bonds. The molecule has 1 aliphatic rings. The summed E-state index contributed by atoms with van der Waals surface area (Å²) >= 11 is 0. The summed E-state index contributed by atoms with van der Waals surface area (Å²) < 4.78 is 38.7. The predicted molar refractivity (Wildman–Crippen MR) is 66.0 cm³/mol. The van der Waals surface area contributed by atoms with E-state index in [1.165, 1.54) is 0 Å². The lowest BCUT2D eigenvalue weighted by Gasteiger charge is -2.32. The Labute approximate surface area is 115 Å². The molecule has 0 aromatic carbocycles. The van der Waals surface area contributed by atoms with Crippen LogP contribution in [0, 0.1) is 11.8 Å². The number of amides is 1. The van der Waals surface area contributed by atoms with Gasteiger partial charge < -0.3 is 10.4 Å². The molecule has 0 saturated heterocycles. The maximum atomic E-state index is 12.9. The Bertz CT molecular complexity index is 357. The van der Waals surface area contributed by atoms with E-state index in [4.69, 9.17) is 5.11 Å². The van der Waals surface area contributed by atoms with Gasteiger partial charge in [-0.25, -0.2) is 0 Å². The fourth-order valence-electron chi connectivity index (χ4n) is 2.60. The van der Waals surface area contributed by atoms with Crippen molar-refractivity contribution < 1.29 is 27.9 Å². The molecule has 1 fully saturated rings. The number of rotatable bonds is 5. The van der Waals surface area contributed by atoms with Crippen LogP contribution < -0.4 is 5.32 Å². The summed E-state index contributed by atoms with van der Waals surface area (Å²) in [7, 11) is 0. The normalized spacial score (nSPS) is 25.0. The molecule has 3 unspecified atom stereocenters. The highest BCUT2D eigenvalue weighted by Crippen LogP contribution is 2.41. The van der Waals surface area contributed by atoms with Gasteiger partial charge >= 0.3 is 12.1 Å². The molecule has 1 saturated carbocycles. The van der Waals surface area contributed by atoms with Gasteiger partial charge in [0, 0.05) is 18.4 Å². The van der Waals surface area contributed by atoms with Gasteiger partial charge in [0.15, 0.2) is 0 Å². The van der Waals surface area contributed by atoms with Crippen molar-refractivity contribution in [3.8, 4) is 0 Å². The zero-order chi connectivity index (χ0) is 15.3. The van der Waals surface area contributed by atoms with E-state index in [0.29, 0.717) is 12.8 Å². The van der Waals surface area contributed by atoms with Crippen LogP contribution in [0.3, 0.4) is 0 Å². The molecular formula is C13H20F3NO3. The van der Waals surface area contributed by atoms with Crippen LogP contribution in [0.15, 0.2) is 0 Å². The third-order valence-corrected chi connectivity index (χ3v) is 3.70. The minimum absolute atomic E-state index is 0.00884. The number of nitrogens with one attached hydrogen (secondary N) is 1. The van der Waals surface area contributed by atoms with Crippen molar-refractivity contribution in [2.24, 2.45) is 11.8 Å². The van der Waals surface area contributed by atoms with E-state index >= 15 is 0 Å². The molecule has 0 bridgehead atoms. The number of carbonyl (C=O) groups is 2. The van der Waals surface area contributed by atoms with Gasteiger partial charge in [-0.3, -0.25) is 9.59 Å². The highest BCUT2D eigenvalue weighted by Gasteiger charge is 2.48. The first-order chi connectivity index (χ1) is 9.21. The smallest absolute Gasteiger partial charge is 0.392 e. The molecule has 116 valence electrons. The van der Waals surface area contributed by atoms with Gasteiger partial charge in [0.2, 0.25) is 5.91 Å². The van der Waals surface area contributed by atoms with Gasteiger partial charge in [-0.2, -0.15) is 13.2 Å². The Morgan fingerprint density at radius 3 is 2.45 bits per heavy atom. The van der Waals surface area contributed by atoms with Gasteiger partial charge in [-0.1, -0.05) is 12.8 Å². The number of carboxylic acids is 1. The number of carboxylic acid groups (broad SMARTS) is 1. The standard InChI is InChI=1S/C13H20F3NO3/c1-8(6-7-11(18)19)17-12(20)9-4-2-3-5-10(9)13(14,15)16/h8-10H,2-7H2,1H3,(H,17,20)(H,18,19). The van der Waals surface area contributed by atoms with Gasteiger partial charge in [0.05, 0.1) is 5.92 Å². The van der Waals surface area contributed by atoms with Gasteiger partial charge in [-0.15, -0.1) is 0 Å². The molecule has 0 aliphatic heterocycles. The molecule has 0 aromatic rings. The lowest BCUT2D eigenvalue weighted by atomic mass is 9.78. The van der Waals surface area contributed by atoms with Gasteiger partial charge in [0.25, 0.3) is 0 Å². The van der Waals surface area contributed by atoms with Crippen molar-refractivity contribution in [3.63, 3.8) is 0 Å². The minimum Gasteiger partial charge on any atom is -0.481 e. The van der Waals surface area contributed by atoms with E-state index in [2.05, 4.69) is 5.32 Å². The van der Waals surface area contributed by atoms with E-state index in [-0.39, 0.29) is 25.7 Å². The molecule has 1 rings (SSSR count). The van der Waals surface area contributed by atoms with E-state index in [1.54, 1.807) is 6.92 Å². The van der Waals surface area contributed by atoms with Crippen LogP contribution in [0.2, 0.25) is 0 Å². The van der Waals surface area contributed by atoms with E-state index in [0.717, 1.165) is 0 Å². The van der Waals surface area contributed by atoms with Gasteiger partial charge in [-0.05, 0) is 26.2 Å². The second-order valence-electron chi connectivity index (χ2n) is 5.38. The highest BCUT2D eigenvalue weighted by molar-refractivity contribution is 5.79. The zero-order valence-corrected chi connectivity index (χ0v) is 11.4. The monoisotopic (exact) mass is 295 g/mol. The largest absolute Gasteiger partial charge is 0.481 e. The highest BCUT2D eigenvalue weighted by atomic mass is 19.4. The van der Waals surface area contributed by atoms with Crippen LogP contribution >= 0.6 is 0 Å². The summed E-state index contributed by atoms with van der Waals surface area (Å²) in [5.41, 5.74) is 0. The van der Waals surface area contributed by atoms with Crippen LogP contribution in [0.1, 0.15) is 45.4 Å². The molecule has 20 heavy (non-hydrogen) atoms. The van der Waals surface area contributed by atoms with Crippen LogP contribution in [0.4, 0.5) is 13.2 Å². The molecule has 0 spiro atoms. The summed E-state index contributed by atoms with van der Waals surface area (Å²) in [6, 6.07) is -0.436. The topological polar surface area (TPSA) is 66.4 Å². The lowest BCUT2D eigenvalue weighted by molar-refractivity contribution is -0.198. The zero-order valence-electron chi connectivity index (χ0n) is 11.4. The summed E-state index contributed by atoms with van der Waals surface area (Å²) in [6.45, 7) is 1.60. The predicted octanol–water partition coefficient (Wildman–Crippen LogP) is 2.72. The SMILES string of the molecule is CC(CCC(=O)O)NC(=O)C1CCCCC1C(F)(F)F. The molecule has 0 aromatic heterocycles. The van der Waals surface area contributed by atoms with E-state index < -0.39 is 35.9 Å². The molecule has 4 nitrogen and oxygen atoms in total. The Hall–Kier alpha value is -1.27. The molecule has 2 N–H and O–H groups in total. The first-order valence-corrected chi connectivity index (χ1v) is 6.80. The Kier molecular flexibility index (Phi) is 5.83. The molecule has 1 aliphatic carbocycles. The van der Waals surface area contributed by atoms with Crippen LogP contribution in [-0.4, -0.2) is 29.2 Å². The average molecular weight is 295 g/mol. The number of hydrogen-bond donors (Lipinski definition) is 2. The quantitative estimate of drug-likeness (QED) is 0.819. The fraction of sp³-hybridized carbons (Fsp3) is 0.846. The average Bonchev–Trinajstić information content (AvgIpc) is 2.35. The summed E-state index contributed by atoms with van der Waals surface area (Å²) in [5, 5.41) is 11.0. The second kappa shape index (κ2) is 6.95. The number of aliphatic carboxylic acids is 1. The third kappa shape index (κ3) is 5.02. The van der Waals surface area contributed by atoms with Crippen LogP contribution in [0.5, 0.6) is 0 Å². The maximum Gasteiger partial charge on any atom is 0.392 e. The van der Waals surface area contributed by atoms with Crippen LogP contribution in [-0.2, 0) is 9.59 Å². The maximum absolute atomic E-state index is 12.9. The van der Waals surface area contributed by atoms with Crippen LogP contribution in [0.25, 0.3) is 0 Å².